The van der Waals surface area contributed by atoms with Gasteiger partial charge in [-0.05, 0) is 25.8 Å². The first kappa shape index (κ1) is 23.4. The third-order valence-electron chi connectivity index (χ3n) is 3.92. The van der Waals surface area contributed by atoms with Crippen molar-refractivity contribution in [3.63, 3.8) is 0 Å². The molecule has 8 heteroatoms. The SMILES string of the molecule is CN=C(NCCc1nc(C)c(C)s1)NCC(=O)NCCc1ccccc1.I. The van der Waals surface area contributed by atoms with Crippen LogP contribution < -0.4 is 16.0 Å². The van der Waals surface area contributed by atoms with E-state index in [1.54, 1.807) is 18.4 Å². The molecule has 1 heterocycles. The second-order valence-corrected chi connectivity index (χ2v) is 7.23. The number of aryl methyl sites for hydroxylation is 2. The van der Waals surface area contributed by atoms with Gasteiger partial charge >= 0.3 is 0 Å². The van der Waals surface area contributed by atoms with Crippen LogP contribution in [-0.4, -0.2) is 43.5 Å². The lowest BCUT2D eigenvalue weighted by atomic mass is 10.1. The molecule has 148 valence electrons. The van der Waals surface area contributed by atoms with Crippen molar-refractivity contribution in [1.82, 2.24) is 20.9 Å². The second kappa shape index (κ2) is 12.7. The fourth-order valence-electron chi connectivity index (χ4n) is 2.37. The summed E-state index contributed by atoms with van der Waals surface area (Å²) in [5.41, 5.74) is 2.31. The average Bonchev–Trinajstić information content (AvgIpc) is 2.96. The number of amides is 1. The number of benzene rings is 1. The zero-order valence-electron chi connectivity index (χ0n) is 16.0. The zero-order chi connectivity index (χ0) is 18.8. The van der Waals surface area contributed by atoms with E-state index in [4.69, 9.17) is 0 Å². The molecule has 2 rings (SSSR count). The van der Waals surface area contributed by atoms with E-state index in [1.165, 1.54) is 10.4 Å². The highest BCUT2D eigenvalue weighted by molar-refractivity contribution is 14.0. The molecule has 0 unspecified atom stereocenters. The Morgan fingerprint density at radius 2 is 1.78 bits per heavy atom. The molecule has 0 radical (unpaired) electrons. The molecule has 0 spiro atoms. The number of aromatic nitrogens is 1. The van der Waals surface area contributed by atoms with Crippen LogP contribution in [0.1, 0.15) is 21.1 Å². The van der Waals surface area contributed by atoms with E-state index in [1.807, 2.05) is 25.1 Å². The maximum Gasteiger partial charge on any atom is 0.239 e. The van der Waals surface area contributed by atoms with Crippen molar-refractivity contribution in [3.05, 3.63) is 51.5 Å². The first-order chi connectivity index (χ1) is 12.6. The highest BCUT2D eigenvalue weighted by atomic mass is 127. The Morgan fingerprint density at radius 3 is 2.41 bits per heavy atom. The molecule has 6 nitrogen and oxygen atoms in total. The van der Waals surface area contributed by atoms with E-state index < -0.39 is 0 Å². The van der Waals surface area contributed by atoms with E-state index in [9.17, 15) is 4.79 Å². The first-order valence-electron chi connectivity index (χ1n) is 8.76. The molecule has 0 fully saturated rings. The van der Waals surface area contributed by atoms with Gasteiger partial charge in [-0.25, -0.2) is 4.98 Å². The van der Waals surface area contributed by atoms with Gasteiger partial charge in [0.1, 0.15) is 0 Å². The molecule has 0 atom stereocenters. The molecule has 3 N–H and O–H groups in total. The predicted octanol–water partition coefficient (Wildman–Crippen LogP) is 2.44. The number of nitrogens with one attached hydrogen (secondary N) is 3. The van der Waals surface area contributed by atoms with Crippen molar-refractivity contribution in [3.8, 4) is 0 Å². The van der Waals surface area contributed by atoms with E-state index in [0.29, 0.717) is 12.5 Å². The summed E-state index contributed by atoms with van der Waals surface area (Å²) in [6.07, 6.45) is 1.66. The number of rotatable bonds is 8. The number of nitrogens with zero attached hydrogens (tertiary/aromatic N) is 2. The molecule has 1 aromatic heterocycles. The first-order valence-corrected chi connectivity index (χ1v) is 9.58. The van der Waals surface area contributed by atoms with Crippen LogP contribution in [-0.2, 0) is 17.6 Å². The van der Waals surface area contributed by atoms with Crippen molar-refractivity contribution < 1.29 is 4.79 Å². The normalized spacial score (nSPS) is 10.9. The smallest absolute Gasteiger partial charge is 0.239 e. The van der Waals surface area contributed by atoms with Crippen LogP contribution in [0.15, 0.2) is 35.3 Å². The Hall–Kier alpha value is -1.68. The molecule has 1 aromatic carbocycles. The molecular weight excluding hydrogens is 473 g/mol. The lowest BCUT2D eigenvalue weighted by molar-refractivity contribution is -0.119. The summed E-state index contributed by atoms with van der Waals surface area (Å²) in [6, 6.07) is 10.1. The van der Waals surface area contributed by atoms with Gasteiger partial charge in [0, 0.05) is 31.4 Å². The Labute approximate surface area is 182 Å². The van der Waals surface area contributed by atoms with Crippen molar-refractivity contribution in [2.45, 2.75) is 26.7 Å². The van der Waals surface area contributed by atoms with Gasteiger partial charge in [0.05, 0.1) is 17.2 Å². The summed E-state index contributed by atoms with van der Waals surface area (Å²) in [5.74, 6) is 0.572. The van der Waals surface area contributed by atoms with E-state index in [2.05, 4.69) is 45.0 Å². The van der Waals surface area contributed by atoms with Crippen LogP contribution in [0.2, 0.25) is 0 Å². The summed E-state index contributed by atoms with van der Waals surface area (Å²) >= 11 is 1.72. The molecule has 27 heavy (non-hydrogen) atoms. The number of aliphatic imine (C=N–C) groups is 1. The van der Waals surface area contributed by atoms with E-state index >= 15 is 0 Å². The predicted molar refractivity (Wildman–Crippen MR) is 123 cm³/mol. The van der Waals surface area contributed by atoms with Gasteiger partial charge in [-0.3, -0.25) is 9.79 Å². The maximum atomic E-state index is 11.9. The number of carbonyl (C=O) groups is 1. The van der Waals surface area contributed by atoms with Gasteiger partial charge in [0.25, 0.3) is 0 Å². The molecule has 1 amide bonds. The molecule has 0 aliphatic rings. The fraction of sp³-hybridized carbons (Fsp3) is 0.421. The Balaban J connectivity index is 0.00000364. The summed E-state index contributed by atoms with van der Waals surface area (Å²) in [5, 5.41) is 10.3. The summed E-state index contributed by atoms with van der Waals surface area (Å²) in [6.45, 7) is 5.66. The van der Waals surface area contributed by atoms with Gasteiger partial charge < -0.3 is 16.0 Å². The Bertz CT molecular complexity index is 713. The number of halogens is 1. The topological polar surface area (TPSA) is 78.4 Å². The summed E-state index contributed by atoms with van der Waals surface area (Å²) in [4.78, 5) is 21.8. The van der Waals surface area contributed by atoms with Crippen LogP contribution >= 0.6 is 35.3 Å². The number of hydrogen-bond acceptors (Lipinski definition) is 4. The lowest BCUT2D eigenvalue weighted by Gasteiger charge is -2.11. The number of thiazole rings is 1. The highest BCUT2D eigenvalue weighted by Gasteiger charge is 2.06. The number of carbonyl (C=O) groups excluding carboxylic acids is 1. The molecule has 2 aromatic rings. The highest BCUT2D eigenvalue weighted by Crippen LogP contribution is 2.16. The molecular formula is C19H28IN5OS. The van der Waals surface area contributed by atoms with Gasteiger partial charge in [-0.1, -0.05) is 30.3 Å². The Kier molecular flexibility index (Phi) is 11.0. The van der Waals surface area contributed by atoms with Crippen LogP contribution in [0.5, 0.6) is 0 Å². The lowest BCUT2D eigenvalue weighted by Crippen LogP contribution is -2.44. The summed E-state index contributed by atoms with van der Waals surface area (Å²) < 4.78 is 0. The second-order valence-electron chi connectivity index (χ2n) is 5.94. The van der Waals surface area contributed by atoms with Crippen molar-refractivity contribution >= 4 is 47.2 Å². The molecule has 0 aliphatic carbocycles. The van der Waals surface area contributed by atoms with Crippen LogP contribution in [0, 0.1) is 13.8 Å². The third-order valence-corrected chi connectivity index (χ3v) is 5.06. The minimum atomic E-state index is -0.0462. The third kappa shape index (κ3) is 8.70. The maximum absolute atomic E-state index is 11.9. The monoisotopic (exact) mass is 501 g/mol. The van der Waals surface area contributed by atoms with Gasteiger partial charge in [-0.2, -0.15) is 0 Å². The van der Waals surface area contributed by atoms with Gasteiger partial charge in [0.2, 0.25) is 5.91 Å². The molecule has 0 saturated heterocycles. The van der Waals surface area contributed by atoms with E-state index in [-0.39, 0.29) is 36.4 Å². The zero-order valence-corrected chi connectivity index (χ0v) is 19.2. The Morgan fingerprint density at radius 1 is 1.07 bits per heavy atom. The molecule has 0 bridgehead atoms. The quantitative estimate of drug-likeness (QED) is 0.295. The average molecular weight is 501 g/mol. The van der Waals surface area contributed by atoms with Gasteiger partial charge in [0.15, 0.2) is 5.96 Å². The minimum absolute atomic E-state index is 0. The number of hydrogen-bond donors (Lipinski definition) is 3. The molecule has 0 saturated carbocycles. The number of guanidine groups is 1. The summed E-state index contributed by atoms with van der Waals surface area (Å²) in [7, 11) is 1.69. The van der Waals surface area contributed by atoms with Crippen LogP contribution in [0.4, 0.5) is 0 Å². The minimum Gasteiger partial charge on any atom is -0.356 e. The standard InChI is InChI=1S/C19H27N5OS.HI/c1-14-15(2)26-18(24-14)10-12-22-19(20-3)23-13-17(25)21-11-9-16-7-5-4-6-8-16;/h4-8H,9-13H2,1-3H3,(H,21,25)(H2,20,22,23);1H. The van der Waals surface area contributed by atoms with Crippen LogP contribution in [0.3, 0.4) is 0 Å². The van der Waals surface area contributed by atoms with Gasteiger partial charge in [-0.15, -0.1) is 35.3 Å². The fourth-order valence-corrected chi connectivity index (χ4v) is 3.31. The molecule has 0 aliphatic heterocycles. The van der Waals surface area contributed by atoms with Crippen molar-refractivity contribution in [2.24, 2.45) is 4.99 Å². The van der Waals surface area contributed by atoms with Crippen molar-refractivity contribution in [1.29, 1.82) is 0 Å². The van der Waals surface area contributed by atoms with E-state index in [0.717, 1.165) is 30.1 Å². The largest absolute Gasteiger partial charge is 0.356 e. The van der Waals surface area contributed by atoms with Crippen molar-refractivity contribution in [2.75, 3.05) is 26.7 Å². The van der Waals surface area contributed by atoms with Crippen LogP contribution in [0.25, 0.3) is 0 Å².